The van der Waals surface area contributed by atoms with Gasteiger partial charge in [0.15, 0.2) is 0 Å². The number of aryl methyl sites for hydroxylation is 2. The molecular formula is C25H28N2O7S. The van der Waals surface area contributed by atoms with Gasteiger partial charge in [-0.2, -0.15) is 0 Å². The van der Waals surface area contributed by atoms with Crippen LogP contribution >= 0.6 is 11.8 Å². The van der Waals surface area contributed by atoms with Crippen molar-refractivity contribution in [2.45, 2.75) is 39.1 Å². The maximum absolute atomic E-state index is 12.6. The summed E-state index contributed by atoms with van der Waals surface area (Å²) in [5.41, 5.74) is 1.61. The Kier molecular flexibility index (Phi) is 8.75. The highest BCUT2D eigenvalue weighted by molar-refractivity contribution is 7.99. The fourth-order valence-corrected chi connectivity index (χ4v) is 4.43. The second-order valence-corrected chi connectivity index (χ2v) is 8.57. The Morgan fingerprint density at radius 2 is 1.74 bits per heavy atom. The Morgan fingerprint density at radius 1 is 1.06 bits per heavy atom. The zero-order valence-electron chi connectivity index (χ0n) is 20.4. The first kappa shape index (κ1) is 26.1. The number of hydrogen-bond acceptors (Lipinski definition) is 9. The Morgan fingerprint density at radius 3 is 2.40 bits per heavy atom. The molecule has 35 heavy (non-hydrogen) atoms. The summed E-state index contributed by atoms with van der Waals surface area (Å²) in [5, 5.41) is 4.35. The number of aromatic nitrogens is 1. The molecule has 1 N–H and O–H groups in total. The van der Waals surface area contributed by atoms with Crippen LogP contribution in [-0.4, -0.2) is 48.9 Å². The summed E-state index contributed by atoms with van der Waals surface area (Å²) in [6.07, 6.45) is 0.117. The standard InChI is InChI=1S/C25H28N2O7S/c1-6-32-24(29)20-15(4)34-23(21(20)25(30)33-7-2)26-18(28)11-12-35-19-13-14(3)16-9-8-10-17(31-5)22(16)27-19/h8-10,13H,6-7,11-12H2,1-5H3,(H,26,28). The van der Waals surface area contributed by atoms with Gasteiger partial charge >= 0.3 is 11.9 Å². The van der Waals surface area contributed by atoms with Crippen molar-refractivity contribution in [3.63, 3.8) is 0 Å². The van der Waals surface area contributed by atoms with Gasteiger partial charge in [0, 0.05) is 17.6 Å². The molecule has 0 bridgehead atoms. The van der Waals surface area contributed by atoms with Crippen molar-refractivity contribution < 1.29 is 33.0 Å². The summed E-state index contributed by atoms with van der Waals surface area (Å²) in [7, 11) is 1.60. The highest BCUT2D eigenvalue weighted by atomic mass is 32.2. The predicted octanol–water partition coefficient (Wildman–Crippen LogP) is 4.93. The molecule has 0 radical (unpaired) electrons. The molecule has 0 aliphatic heterocycles. The summed E-state index contributed by atoms with van der Waals surface area (Å²) in [4.78, 5) is 42.2. The van der Waals surface area contributed by atoms with Crippen molar-refractivity contribution in [2.24, 2.45) is 0 Å². The van der Waals surface area contributed by atoms with Gasteiger partial charge in [0.2, 0.25) is 11.8 Å². The van der Waals surface area contributed by atoms with E-state index >= 15 is 0 Å². The summed E-state index contributed by atoms with van der Waals surface area (Å²) in [6.45, 7) is 7.03. The molecule has 0 aliphatic rings. The van der Waals surface area contributed by atoms with Crippen molar-refractivity contribution in [1.82, 2.24) is 4.98 Å². The number of carbonyl (C=O) groups excluding carboxylic acids is 3. The smallest absolute Gasteiger partial charge is 0.344 e. The quantitative estimate of drug-likeness (QED) is 0.305. The van der Waals surface area contributed by atoms with Crippen molar-refractivity contribution in [1.29, 1.82) is 0 Å². The third kappa shape index (κ3) is 5.94. The molecule has 3 rings (SSSR count). The number of nitrogens with one attached hydrogen (secondary N) is 1. The number of pyridine rings is 1. The first-order valence-electron chi connectivity index (χ1n) is 11.1. The van der Waals surface area contributed by atoms with Gasteiger partial charge in [-0.25, -0.2) is 14.6 Å². The molecule has 10 heteroatoms. The van der Waals surface area contributed by atoms with E-state index in [1.807, 2.05) is 31.2 Å². The van der Waals surface area contributed by atoms with Crippen LogP contribution in [0.15, 0.2) is 33.7 Å². The van der Waals surface area contributed by atoms with E-state index in [0.29, 0.717) is 11.5 Å². The SMILES string of the molecule is CCOC(=O)c1c(C)oc(NC(=O)CCSc2cc(C)c3cccc(OC)c3n2)c1C(=O)OCC. The van der Waals surface area contributed by atoms with Crippen LogP contribution in [0, 0.1) is 13.8 Å². The average Bonchev–Trinajstić information content (AvgIpc) is 3.14. The number of hydrogen-bond donors (Lipinski definition) is 1. The summed E-state index contributed by atoms with van der Waals surface area (Å²) >= 11 is 1.42. The molecule has 2 aromatic heterocycles. The monoisotopic (exact) mass is 500 g/mol. The van der Waals surface area contributed by atoms with E-state index in [1.165, 1.54) is 18.7 Å². The van der Waals surface area contributed by atoms with Gasteiger partial charge in [-0.05, 0) is 45.4 Å². The zero-order valence-corrected chi connectivity index (χ0v) is 21.2. The van der Waals surface area contributed by atoms with Crippen molar-refractivity contribution in [3.05, 3.63) is 46.7 Å². The first-order chi connectivity index (χ1) is 16.8. The second kappa shape index (κ2) is 11.7. The van der Waals surface area contributed by atoms with Crippen LogP contribution in [0.2, 0.25) is 0 Å². The Hall–Kier alpha value is -3.53. The van der Waals surface area contributed by atoms with Crippen LogP contribution in [0.3, 0.4) is 0 Å². The lowest BCUT2D eigenvalue weighted by Crippen LogP contribution is -2.17. The topological polar surface area (TPSA) is 117 Å². The number of ether oxygens (including phenoxy) is 3. The summed E-state index contributed by atoms with van der Waals surface area (Å²) in [6, 6.07) is 7.72. The van der Waals surface area contributed by atoms with Gasteiger partial charge in [0.25, 0.3) is 0 Å². The van der Waals surface area contributed by atoms with Crippen LogP contribution in [0.5, 0.6) is 5.75 Å². The molecule has 0 saturated heterocycles. The van der Waals surface area contributed by atoms with E-state index in [2.05, 4.69) is 10.3 Å². The van der Waals surface area contributed by atoms with Gasteiger partial charge in [-0.3, -0.25) is 10.1 Å². The molecule has 9 nitrogen and oxygen atoms in total. The van der Waals surface area contributed by atoms with Crippen LogP contribution in [0.1, 0.15) is 52.3 Å². The maximum atomic E-state index is 12.6. The number of esters is 2. The van der Waals surface area contributed by atoms with Crippen LogP contribution in [0.25, 0.3) is 10.9 Å². The molecule has 0 saturated carbocycles. The number of nitrogens with zero attached hydrogens (tertiary/aromatic N) is 1. The summed E-state index contributed by atoms with van der Waals surface area (Å²) < 4.78 is 21.0. The van der Waals surface area contributed by atoms with Crippen molar-refractivity contribution >= 4 is 46.4 Å². The molecule has 1 aromatic carbocycles. The number of thioether (sulfide) groups is 1. The molecule has 0 fully saturated rings. The second-order valence-electron chi connectivity index (χ2n) is 7.46. The molecule has 0 atom stereocenters. The summed E-state index contributed by atoms with van der Waals surface area (Å²) in [5.74, 6) is -0.754. The van der Waals surface area contributed by atoms with E-state index in [9.17, 15) is 14.4 Å². The van der Waals surface area contributed by atoms with E-state index in [1.54, 1.807) is 21.0 Å². The fourth-order valence-electron chi connectivity index (χ4n) is 3.52. The number of benzene rings is 1. The number of fused-ring (bicyclic) bond motifs is 1. The molecule has 0 unspecified atom stereocenters. The van der Waals surface area contributed by atoms with E-state index in [0.717, 1.165) is 21.5 Å². The lowest BCUT2D eigenvalue weighted by atomic mass is 10.1. The predicted molar refractivity (Wildman–Crippen MR) is 132 cm³/mol. The molecule has 2 heterocycles. The minimum absolute atomic E-state index is 0.0558. The van der Waals surface area contributed by atoms with Crippen LogP contribution in [-0.2, 0) is 14.3 Å². The maximum Gasteiger partial charge on any atom is 0.344 e. The van der Waals surface area contributed by atoms with E-state index in [4.69, 9.17) is 18.6 Å². The third-order valence-corrected chi connectivity index (χ3v) is 5.99. The number of methoxy groups -OCH3 is 1. The van der Waals surface area contributed by atoms with Crippen molar-refractivity contribution in [2.75, 3.05) is 31.4 Å². The number of para-hydroxylation sites is 1. The highest BCUT2D eigenvalue weighted by Gasteiger charge is 2.31. The normalized spacial score (nSPS) is 10.8. The Labute approximate surface area is 207 Å². The molecule has 186 valence electrons. The largest absolute Gasteiger partial charge is 0.494 e. The fraction of sp³-hybridized carbons (Fsp3) is 0.360. The van der Waals surface area contributed by atoms with Gasteiger partial charge in [-0.15, -0.1) is 11.8 Å². The van der Waals surface area contributed by atoms with Crippen LogP contribution in [0.4, 0.5) is 5.88 Å². The van der Waals surface area contributed by atoms with Gasteiger partial charge in [0.05, 0.1) is 25.3 Å². The number of carbonyl (C=O) groups is 3. The first-order valence-corrected chi connectivity index (χ1v) is 12.1. The van der Waals surface area contributed by atoms with Crippen molar-refractivity contribution in [3.8, 4) is 5.75 Å². The number of anilines is 1. The van der Waals surface area contributed by atoms with Gasteiger partial charge in [-0.1, -0.05) is 12.1 Å². The Balaban J connectivity index is 1.73. The van der Waals surface area contributed by atoms with E-state index in [-0.39, 0.29) is 48.3 Å². The molecular weight excluding hydrogens is 472 g/mol. The lowest BCUT2D eigenvalue weighted by molar-refractivity contribution is -0.115. The molecule has 1 amide bonds. The van der Waals surface area contributed by atoms with Crippen LogP contribution < -0.4 is 10.1 Å². The molecule has 0 aliphatic carbocycles. The molecule has 0 spiro atoms. The van der Waals surface area contributed by atoms with E-state index < -0.39 is 11.9 Å². The van der Waals surface area contributed by atoms with Gasteiger partial charge in [0.1, 0.15) is 28.2 Å². The van der Waals surface area contributed by atoms with Gasteiger partial charge < -0.3 is 18.6 Å². The number of amides is 1. The third-order valence-electron chi connectivity index (χ3n) is 5.08. The number of rotatable bonds is 10. The minimum Gasteiger partial charge on any atom is -0.494 e. The highest BCUT2D eigenvalue weighted by Crippen LogP contribution is 2.31. The number of furan rings is 1. The Bertz CT molecular complexity index is 1250. The minimum atomic E-state index is -0.776. The lowest BCUT2D eigenvalue weighted by Gasteiger charge is -2.09. The zero-order chi connectivity index (χ0) is 25.5. The average molecular weight is 501 g/mol. The molecule has 3 aromatic rings.